The first-order valence-electron chi connectivity index (χ1n) is 7.47. The Morgan fingerprint density at radius 3 is 2.88 bits per heavy atom. The minimum absolute atomic E-state index is 0.207. The van der Waals surface area contributed by atoms with Crippen LogP contribution in [0, 0.1) is 11.3 Å². The van der Waals surface area contributed by atoms with E-state index in [4.69, 9.17) is 9.47 Å². The summed E-state index contributed by atoms with van der Waals surface area (Å²) in [6.07, 6.45) is 1.81. The molecule has 0 amide bonds. The Hall–Kier alpha value is -2.62. The third kappa shape index (κ3) is 3.16. The average Bonchev–Trinajstić information content (AvgIpc) is 3.30. The van der Waals surface area contributed by atoms with Gasteiger partial charge in [-0.25, -0.2) is 4.98 Å². The molecule has 1 aliphatic heterocycles. The van der Waals surface area contributed by atoms with Crippen LogP contribution in [0.2, 0.25) is 0 Å². The Morgan fingerprint density at radius 2 is 2.08 bits per heavy atom. The Balaban J connectivity index is 1.70. The molecule has 4 rings (SSSR count). The van der Waals surface area contributed by atoms with Gasteiger partial charge in [0.2, 0.25) is 6.79 Å². The molecule has 6 heteroatoms. The number of benzene rings is 2. The third-order valence-corrected chi connectivity index (χ3v) is 5.15. The van der Waals surface area contributed by atoms with E-state index < -0.39 is 0 Å². The molecular formula is C19H11BrN2O2S. The van der Waals surface area contributed by atoms with Crippen LogP contribution in [0.4, 0.5) is 0 Å². The summed E-state index contributed by atoms with van der Waals surface area (Å²) in [6, 6.07) is 15.9. The Bertz CT molecular complexity index is 1010. The van der Waals surface area contributed by atoms with Crippen LogP contribution < -0.4 is 9.47 Å². The molecule has 0 unspecified atom stereocenters. The maximum atomic E-state index is 9.56. The molecule has 2 aromatic carbocycles. The number of halogens is 1. The van der Waals surface area contributed by atoms with Gasteiger partial charge in [-0.2, -0.15) is 5.26 Å². The Kier molecular flexibility index (Phi) is 4.26. The number of hydrogen-bond acceptors (Lipinski definition) is 5. The molecule has 0 radical (unpaired) electrons. The van der Waals surface area contributed by atoms with E-state index in [9.17, 15) is 5.26 Å². The predicted molar refractivity (Wildman–Crippen MR) is 101 cm³/mol. The number of rotatable bonds is 3. The number of fused-ring (bicyclic) bond motifs is 1. The lowest BCUT2D eigenvalue weighted by molar-refractivity contribution is 0.173. The average molecular weight is 411 g/mol. The largest absolute Gasteiger partial charge is 0.454 e. The minimum Gasteiger partial charge on any atom is -0.454 e. The molecule has 0 fully saturated rings. The van der Waals surface area contributed by atoms with Gasteiger partial charge in [0.1, 0.15) is 11.1 Å². The summed E-state index contributed by atoms with van der Waals surface area (Å²) < 4.78 is 11.6. The number of nitriles is 1. The van der Waals surface area contributed by atoms with Crippen LogP contribution in [0.1, 0.15) is 10.6 Å². The van der Waals surface area contributed by atoms with Crippen LogP contribution in [0.3, 0.4) is 0 Å². The monoisotopic (exact) mass is 410 g/mol. The lowest BCUT2D eigenvalue weighted by Gasteiger charge is -2.02. The van der Waals surface area contributed by atoms with Crippen LogP contribution in [0.25, 0.3) is 22.9 Å². The summed E-state index contributed by atoms with van der Waals surface area (Å²) in [5, 5.41) is 12.2. The van der Waals surface area contributed by atoms with Gasteiger partial charge in [-0.15, -0.1) is 11.3 Å². The highest BCUT2D eigenvalue weighted by atomic mass is 79.9. The molecule has 1 aliphatic rings. The molecule has 0 atom stereocenters. The molecule has 122 valence electrons. The summed E-state index contributed by atoms with van der Waals surface area (Å²) in [5.41, 5.74) is 3.27. The van der Waals surface area contributed by atoms with E-state index in [1.54, 1.807) is 6.08 Å². The van der Waals surface area contributed by atoms with Crippen molar-refractivity contribution in [2.75, 3.05) is 6.79 Å². The number of nitrogens with zero attached hydrogens (tertiary/aromatic N) is 2. The van der Waals surface area contributed by atoms with Crippen molar-refractivity contribution in [2.45, 2.75) is 0 Å². The van der Waals surface area contributed by atoms with Crippen LogP contribution in [-0.4, -0.2) is 11.8 Å². The molecule has 2 heterocycles. The van der Waals surface area contributed by atoms with Gasteiger partial charge in [-0.3, -0.25) is 0 Å². The Labute approximate surface area is 157 Å². The van der Waals surface area contributed by atoms with Crippen molar-refractivity contribution in [3.8, 4) is 28.8 Å². The molecule has 0 saturated carbocycles. The van der Waals surface area contributed by atoms with E-state index in [1.165, 1.54) is 11.3 Å². The summed E-state index contributed by atoms with van der Waals surface area (Å²) in [5.74, 6) is 1.36. The van der Waals surface area contributed by atoms with Crippen molar-refractivity contribution >= 4 is 38.9 Å². The van der Waals surface area contributed by atoms with E-state index in [1.807, 2.05) is 47.8 Å². The first kappa shape index (κ1) is 15.9. The predicted octanol–water partition coefficient (Wildman–Crippen LogP) is 5.37. The van der Waals surface area contributed by atoms with Crippen LogP contribution in [0.5, 0.6) is 11.5 Å². The molecule has 4 nitrogen and oxygen atoms in total. The highest BCUT2D eigenvalue weighted by Gasteiger charge is 2.18. The molecule has 0 saturated heterocycles. The van der Waals surface area contributed by atoms with Crippen LogP contribution in [-0.2, 0) is 0 Å². The second-order valence-electron chi connectivity index (χ2n) is 5.31. The summed E-state index contributed by atoms with van der Waals surface area (Å²) in [7, 11) is 0. The van der Waals surface area contributed by atoms with Crippen molar-refractivity contribution in [1.29, 1.82) is 5.26 Å². The lowest BCUT2D eigenvalue weighted by atomic mass is 10.1. The fourth-order valence-electron chi connectivity index (χ4n) is 2.52. The number of aromatic nitrogens is 1. The molecule has 0 spiro atoms. The fraction of sp³-hybridized carbons (Fsp3) is 0.0526. The SMILES string of the molecule is N#C/C(=C\c1cc(Br)c2c(c1)OCO2)c1nc(-c2ccccc2)cs1. The molecule has 3 aromatic rings. The number of ether oxygens (including phenoxy) is 2. The van der Waals surface area contributed by atoms with Gasteiger partial charge in [0.15, 0.2) is 11.5 Å². The standard InChI is InChI=1S/C19H11BrN2O2S/c20-15-7-12(8-17-18(15)24-11-23-17)6-14(9-21)19-22-16(10-25-19)13-4-2-1-3-5-13/h1-8,10H,11H2/b14-6+. The van der Waals surface area contributed by atoms with E-state index >= 15 is 0 Å². The second-order valence-corrected chi connectivity index (χ2v) is 7.02. The van der Waals surface area contributed by atoms with Gasteiger partial charge in [-0.1, -0.05) is 30.3 Å². The zero-order valence-electron chi connectivity index (χ0n) is 12.9. The molecule has 0 aliphatic carbocycles. The first-order chi connectivity index (χ1) is 12.2. The van der Waals surface area contributed by atoms with Crippen LogP contribution in [0.15, 0.2) is 52.3 Å². The third-order valence-electron chi connectivity index (χ3n) is 3.69. The van der Waals surface area contributed by atoms with E-state index in [0.717, 1.165) is 21.3 Å². The number of hydrogen-bond donors (Lipinski definition) is 0. The molecule has 0 N–H and O–H groups in total. The van der Waals surface area contributed by atoms with E-state index in [0.29, 0.717) is 22.1 Å². The second kappa shape index (κ2) is 6.71. The number of allylic oxidation sites excluding steroid dienone is 1. The highest BCUT2D eigenvalue weighted by Crippen LogP contribution is 2.40. The van der Waals surface area contributed by atoms with Gasteiger partial charge >= 0.3 is 0 Å². The first-order valence-corrected chi connectivity index (χ1v) is 9.14. The Morgan fingerprint density at radius 1 is 1.24 bits per heavy atom. The van der Waals surface area contributed by atoms with Gasteiger partial charge < -0.3 is 9.47 Å². The smallest absolute Gasteiger partial charge is 0.231 e. The summed E-state index contributed by atoms with van der Waals surface area (Å²) >= 11 is 4.93. The summed E-state index contributed by atoms with van der Waals surface area (Å²) in [6.45, 7) is 0.207. The quantitative estimate of drug-likeness (QED) is 0.544. The van der Waals surface area contributed by atoms with Crippen molar-refractivity contribution in [3.63, 3.8) is 0 Å². The number of thiazole rings is 1. The normalized spacial score (nSPS) is 12.9. The minimum atomic E-state index is 0.207. The van der Waals surface area contributed by atoms with Crippen molar-refractivity contribution < 1.29 is 9.47 Å². The van der Waals surface area contributed by atoms with Gasteiger partial charge in [-0.05, 0) is 39.7 Å². The van der Waals surface area contributed by atoms with Gasteiger partial charge in [0.25, 0.3) is 0 Å². The maximum Gasteiger partial charge on any atom is 0.231 e. The highest BCUT2D eigenvalue weighted by molar-refractivity contribution is 9.10. The lowest BCUT2D eigenvalue weighted by Crippen LogP contribution is -1.93. The van der Waals surface area contributed by atoms with Crippen LogP contribution >= 0.6 is 27.3 Å². The zero-order valence-corrected chi connectivity index (χ0v) is 15.3. The summed E-state index contributed by atoms with van der Waals surface area (Å²) in [4.78, 5) is 4.60. The van der Waals surface area contributed by atoms with E-state index in [2.05, 4.69) is 27.0 Å². The van der Waals surface area contributed by atoms with Crippen molar-refractivity contribution in [1.82, 2.24) is 4.98 Å². The van der Waals surface area contributed by atoms with E-state index in [-0.39, 0.29) is 6.79 Å². The molecule has 25 heavy (non-hydrogen) atoms. The molecule has 0 bridgehead atoms. The van der Waals surface area contributed by atoms with Gasteiger partial charge in [0.05, 0.1) is 15.7 Å². The maximum absolute atomic E-state index is 9.56. The molecular weight excluding hydrogens is 400 g/mol. The molecule has 1 aromatic heterocycles. The topological polar surface area (TPSA) is 55.1 Å². The van der Waals surface area contributed by atoms with Crippen molar-refractivity contribution in [3.05, 3.63) is 62.9 Å². The van der Waals surface area contributed by atoms with Gasteiger partial charge in [0, 0.05) is 10.9 Å². The fourth-order valence-corrected chi connectivity index (χ4v) is 3.89. The zero-order chi connectivity index (χ0) is 17.2. The van der Waals surface area contributed by atoms with Crippen molar-refractivity contribution in [2.24, 2.45) is 0 Å².